The summed E-state index contributed by atoms with van der Waals surface area (Å²) in [4.78, 5) is 18.3. The molecule has 1 unspecified atom stereocenters. The Morgan fingerprint density at radius 2 is 2.06 bits per heavy atom. The minimum atomic E-state index is 0.148. The Kier molecular flexibility index (Phi) is 4.88. The third-order valence-electron chi connectivity index (χ3n) is 3.81. The van der Waals surface area contributed by atoms with Crippen LogP contribution in [0.2, 0.25) is 0 Å². The fraction of sp³-hybridized carbons (Fsp3) is 0.600. The number of carbonyl (C=O) groups is 1. The van der Waals surface area contributed by atoms with Gasteiger partial charge in [-0.3, -0.25) is 14.7 Å². The maximum atomic E-state index is 12.0. The van der Waals surface area contributed by atoms with Gasteiger partial charge in [0.25, 0.3) is 0 Å². The zero-order valence-electron chi connectivity index (χ0n) is 11.1. The van der Waals surface area contributed by atoms with E-state index in [9.17, 15) is 4.79 Å². The van der Waals surface area contributed by atoms with Crippen LogP contribution in [-0.4, -0.2) is 35.3 Å². The molecule has 0 bridgehead atoms. The Hall–Kier alpha value is -1.22. The van der Waals surface area contributed by atoms with Crippen LogP contribution in [0.25, 0.3) is 0 Å². The van der Waals surface area contributed by atoms with Gasteiger partial charge in [0.15, 0.2) is 0 Å². The van der Waals surface area contributed by atoms with E-state index in [2.05, 4.69) is 16.9 Å². The summed E-state index contributed by atoms with van der Waals surface area (Å²) >= 11 is 0. The summed E-state index contributed by atoms with van der Waals surface area (Å²) in [5.74, 6) is 0.435. The van der Waals surface area contributed by atoms with Crippen LogP contribution >= 0.6 is 0 Å². The molecule has 0 amide bonds. The van der Waals surface area contributed by atoms with Crippen molar-refractivity contribution in [3.8, 4) is 0 Å². The number of pyridine rings is 1. The molecule has 0 aromatic carbocycles. The highest BCUT2D eigenvalue weighted by Crippen LogP contribution is 2.18. The molecule has 98 valence electrons. The Balaban J connectivity index is 1.86. The first-order chi connectivity index (χ1) is 8.77. The first-order valence-corrected chi connectivity index (χ1v) is 6.89. The standard InChI is InChI=1S/C15H22N2O/c1-17(12-9-13-7-10-16-11-8-13)14-5-3-2-4-6-15(14)18/h7-8,10-11,14H,2-6,9,12H2,1H3. The van der Waals surface area contributed by atoms with E-state index in [0.29, 0.717) is 5.78 Å². The van der Waals surface area contributed by atoms with Gasteiger partial charge >= 0.3 is 0 Å². The van der Waals surface area contributed by atoms with E-state index in [4.69, 9.17) is 0 Å². The second-order valence-electron chi connectivity index (χ2n) is 5.17. The number of likely N-dealkylation sites (N-methyl/N-ethyl adjacent to an activating group) is 1. The van der Waals surface area contributed by atoms with Crippen molar-refractivity contribution >= 4 is 5.78 Å². The van der Waals surface area contributed by atoms with Gasteiger partial charge in [0.05, 0.1) is 6.04 Å². The second kappa shape index (κ2) is 6.64. The van der Waals surface area contributed by atoms with Crippen LogP contribution in [0.1, 0.15) is 37.7 Å². The van der Waals surface area contributed by atoms with Crippen molar-refractivity contribution < 1.29 is 4.79 Å². The molecule has 3 heteroatoms. The highest BCUT2D eigenvalue weighted by atomic mass is 16.1. The zero-order chi connectivity index (χ0) is 12.8. The molecule has 1 atom stereocenters. The van der Waals surface area contributed by atoms with Crippen LogP contribution < -0.4 is 0 Å². The SMILES string of the molecule is CN(CCc1ccncc1)C1CCCCCC1=O. The Labute approximate surface area is 109 Å². The quantitative estimate of drug-likeness (QED) is 0.765. The van der Waals surface area contributed by atoms with Crippen molar-refractivity contribution in [2.45, 2.75) is 44.6 Å². The van der Waals surface area contributed by atoms with Gasteiger partial charge in [-0.2, -0.15) is 0 Å². The van der Waals surface area contributed by atoms with Crippen LogP contribution in [0.3, 0.4) is 0 Å². The van der Waals surface area contributed by atoms with Crippen LogP contribution in [0.4, 0.5) is 0 Å². The lowest BCUT2D eigenvalue weighted by Gasteiger charge is -2.25. The monoisotopic (exact) mass is 246 g/mol. The lowest BCUT2D eigenvalue weighted by atomic mass is 10.1. The molecule has 0 saturated heterocycles. The number of nitrogens with zero attached hydrogens (tertiary/aromatic N) is 2. The average molecular weight is 246 g/mol. The molecule has 3 nitrogen and oxygen atoms in total. The molecule has 18 heavy (non-hydrogen) atoms. The van der Waals surface area contributed by atoms with Crippen molar-refractivity contribution in [1.29, 1.82) is 0 Å². The number of ketones is 1. The Morgan fingerprint density at radius 1 is 1.28 bits per heavy atom. The summed E-state index contributed by atoms with van der Waals surface area (Å²) in [6.45, 7) is 0.945. The van der Waals surface area contributed by atoms with Gasteiger partial charge < -0.3 is 0 Å². The van der Waals surface area contributed by atoms with Crippen LogP contribution in [0.5, 0.6) is 0 Å². The van der Waals surface area contributed by atoms with E-state index >= 15 is 0 Å². The third-order valence-corrected chi connectivity index (χ3v) is 3.81. The normalized spacial score (nSPS) is 21.0. The van der Waals surface area contributed by atoms with Crippen LogP contribution in [0, 0.1) is 0 Å². The number of rotatable bonds is 4. The molecular formula is C15H22N2O. The molecule has 0 N–H and O–H groups in total. The smallest absolute Gasteiger partial charge is 0.149 e. The molecule has 1 aliphatic carbocycles. The van der Waals surface area contributed by atoms with Crippen molar-refractivity contribution in [1.82, 2.24) is 9.88 Å². The highest BCUT2D eigenvalue weighted by Gasteiger charge is 2.24. The number of aromatic nitrogens is 1. The van der Waals surface area contributed by atoms with Crippen molar-refractivity contribution in [2.75, 3.05) is 13.6 Å². The molecule has 1 aromatic heterocycles. The number of carbonyl (C=O) groups excluding carboxylic acids is 1. The fourth-order valence-electron chi connectivity index (χ4n) is 2.62. The van der Waals surface area contributed by atoms with Crippen LogP contribution in [0.15, 0.2) is 24.5 Å². The molecule has 2 rings (SSSR count). The first-order valence-electron chi connectivity index (χ1n) is 6.89. The molecule has 1 saturated carbocycles. The van der Waals surface area contributed by atoms with E-state index in [1.807, 2.05) is 24.5 Å². The Bertz CT molecular complexity index is 377. The third kappa shape index (κ3) is 3.64. The van der Waals surface area contributed by atoms with Gasteiger partial charge in [0, 0.05) is 25.4 Å². The summed E-state index contributed by atoms with van der Waals surface area (Å²) in [7, 11) is 2.08. The maximum absolute atomic E-state index is 12.0. The van der Waals surface area contributed by atoms with Gasteiger partial charge in [-0.15, -0.1) is 0 Å². The Morgan fingerprint density at radius 3 is 2.83 bits per heavy atom. The second-order valence-corrected chi connectivity index (χ2v) is 5.17. The largest absolute Gasteiger partial charge is 0.298 e. The summed E-state index contributed by atoms with van der Waals surface area (Å²) < 4.78 is 0. The van der Waals surface area contributed by atoms with E-state index in [-0.39, 0.29) is 6.04 Å². The maximum Gasteiger partial charge on any atom is 0.149 e. The van der Waals surface area contributed by atoms with Gasteiger partial charge in [-0.05, 0) is 44.0 Å². The highest BCUT2D eigenvalue weighted by molar-refractivity contribution is 5.84. The minimum Gasteiger partial charge on any atom is -0.298 e. The molecule has 1 aromatic rings. The number of hydrogen-bond donors (Lipinski definition) is 0. The minimum absolute atomic E-state index is 0.148. The molecule has 0 spiro atoms. The van der Waals surface area contributed by atoms with Crippen molar-refractivity contribution in [3.63, 3.8) is 0 Å². The summed E-state index contributed by atoms with van der Waals surface area (Å²) in [5.41, 5.74) is 1.29. The van der Waals surface area contributed by atoms with Crippen LogP contribution in [-0.2, 0) is 11.2 Å². The zero-order valence-corrected chi connectivity index (χ0v) is 11.1. The van der Waals surface area contributed by atoms with E-state index in [0.717, 1.165) is 32.2 Å². The number of Topliss-reactive ketones (excluding diaryl/α,β-unsaturated/α-hetero) is 1. The molecule has 1 fully saturated rings. The first kappa shape index (κ1) is 13.2. The van der Waals surface area contributed by atoms with Crippen molar-refractivity contribution in [2.24, 2.45) is 0 Å². The van der Waals surface area contributed by atoms with Gasteiger partial charge in [0.1, 0.15) is 5.78 Å². The van der Waals surface area contributed by atoms with Gasteiger partial charge in [0.2, 0.25) is 0 Å². The van der Waals surface area contributed by atoms with Gasteiger partial charge in [-0.1, -0.05) is 12.8 Å². The topological polar surface area (TPSA) is 33.2 Å². The number of hydrogen-bond acceptors (Lipinski definition) is 3. The summed E-state index contributed by atoms with van der Waals surface area (Å²) in [6, 6.07) is 4.24. The summed E-state index contributed by atoms with van der Waals surface area (Å²) in [5, 5.41) is 0. The average Bonchev–Trinajstić information content (AvgIpc) is 2.62. The van der Waals surface area contributed by atoms with E-state index in [1.54, 1.807) is 0 Å². The molecular weight excluding hydrogens is 224 g/mol. The van der Waals surface area contributed by atoms with E-state index in [1.165, 1.54) is 18.4 Å². The molecule has 0 radical (unpaired) electrons. The lowest BCUT2D eigenvalue weighted by molar-refractivity contribution is -0.123. The van der Waals surface area contributed by atoms with Crippen molar-refractivity contribution in [3.05, 3.63) is 30.1 Å². The summed E-state index contributed by atoms with van der Waals surface area (Å²) in [6.07, 6.45) is 9.92. The van der Waals surface area contributed by atoms with E-state index < -0.39 is 0 Å². The fourth-order valence-corrected chi connectivity index (χ4v) is 2.62. The molecule has 1 aliphatic rings. The predicted molar refractivity (Wildman–Crippen MR) is 72.5 cm³/mol. The molecule has 0 aliphatic heterocycles. The lowest BCUT2D eigenvalue weighted by Crippen LogP contribution is -2.38. The van der Waals surface area contributed by atoms with Gasteiger partial charge in [-0.25, -0.2) is 0 Å². The molecule has 1 heterocycles. The predicted octanol–water partition coefficient (Wildman–Crippen LogP) is 2.46.